The Labute approximate surface area is 128 Å². The van der Waals surface area contributed by atoms with E-state index in [1.165, 1.54) is 12.1 Å². The highest BCUT2D eigenvalue weighted by atomic mass is 16.3. The zero-order valence-corrected chi connectivity index (χ0v) is 12.1. The Morgan fingerprint density at radius 1 is 1.18 bits per heavy atom. The molecule has 5 heteroatoms. The van der Waals surface area contributed by atoms with Gasteiger partial charge >= 0.3 is 0 Å². The number of rotatable bonds is 4. The number of phenolic OH excluding ortho intramolecular Hbond substituents is 2. The first-order valence-electron chi connectivity index (χ1n) is 6.81. The molecule has 0 fully saturated rings. The van der Waals surface area contributed by atoms with Gasteiger partial charge in [-0.3, -0.25) is 4.79 Å². The molecule has 0 aromatic heterocycles. The van der Waals surface area contributed by atoms with E-state index >= 15 is 0 Å². The largest absolute Gasteiger partial charge is 0.504 e. The summed E-state index contributed by atoms with van der Waals surface area (Å²) < 4.78 is 0. The Kier molecular flexibility index (Phi) is 4.64. The van der Waals surface area contributed by atoms with Gasteiger partial charge in [-0.1, -0.05) is 6.07 Å². The maximum absolute atomic E-state index is 12.1. The van der Waals surface area contributed by atoms with Gasteiger partial charge in [0.2, 0.25) is 0 Å². The Morgan fingerprint density at radius 3 is 2.45 bits per heavy atom. The smallest absolute Gasteiger partial charge is 0.251 e. The normalized spacial score (nSPS) is 11.5. The van der Waals surface area contributed by atoms with E-state index < -0.39 is 0 Å². The van der Waals surface area contributed by atoms with Crippen molar-refractivity contribution in [3.8, 4) is 17.6 Å². The third kappa shape index (κ3) is 3.76. The zero-order chi connectivity index (χ0) is 16.1. The van der Waals surface area contributed by atoms with Crippen molar-refractivity contribution in [3.05, 3.63) is 59.2 Å². The van der Waals surface area contributed by atoms with Crippen LogP contribution in [0, 0.1) is 11.3 Å². The standard InChI is InChI=1S/C17H16N2O3/c1-11(8-13-4-7-15(20)16(21)9-13)19-17(22)14-5-2-12(10-18)3-6-14/h2-7,9,11,20-21H,8H2,1H3,(H,19,22)/t11-/m0/s1. The lowest BCUT2D eigenvalue weighted by Crippen LogP contribution is -2.34. The van der Waals surface area contributed by atoms with Crippen LogP contribution in [0.25, 0.3) is 0 Å². The highest BCUT2D eigenvalue weighted by Gasteiger charge is 2.11. The van der Waals surface area contributed by atoms with Gasteiger partial charge in [0.15, 0.2) is 11.5 Å². The van der Waals surface area contributed by atoms with E-state index in [1.807, 2.05) is 13.0 Å². The number of nitrogens with one attached hydrogen (secondary N) is 1. The number of aromatic hydroxyl groups is 2. The summed E-state index contributed by atoms with van der Waals surface area (Å²) >= 11 is 0. The van der Waals surface area contributed by atoms with Crippen LogP contribution in [0.2, 0.25) is 0 Å². The topological polar surface area (TPSA) is 93.3 Å². The Hall–Kier alpha value is -3.00. The van der Waals surface area contributed by atoms with Crippen LogP contribution < -0.4 is 5.32 Å². The average Bonchev–Trinajstić information content (AvgIpc) is 2.51. The Balaban J connectivity index is 1.98. The molecule has 0 saturated carbocycles. The molecule has 3 N–H and O–H groups in total. The minimum absolute atomic E-state index is 0.146. The van der Waals surface area contributed by atoms with E-state index in [2.05, 4.69) is 5.32 Å². The fraction of sp³-hybridized carbons (Fsp3) is 0.176. The number of nitriles is 1. The van der Waals surface area contributed by atoms with Gasteiger partial charge in [0.05, 0.1) is 11.6 Å². The van der Waals surface area contributed by atoms with Crippen molar-refractivity contribution in [3.63, 3.8) is 0 Å². The molecule has 0 radical (unpaired) electrons. The molecule has 0 saturated heterocycles. The minimum atomic E-state index is -0.222. The summed E-state index contributed by atoms with van der Waals surface area (Å²) in [6.45, 7) is 1.85. The second kappa shape index (κ2) is 6.64. The van der Waals surface area contributed by atoms with Gasteiger partial charge in [-0.05, 0) is 55.3 Å². The fourth-order valence-electron chi connectivity index (χ4n) is 2.10. The fourth-order valence-corrected chi connectivity index (χ4v) is 2.10. The average molecular weight is 296 g/mol. The van der Waals surface area contributed by atoms with Crippen molar-refractivity contribution in [2.75, 3.05) is 0 Å². The van der Waals surface area contributed by atoms with Crippen LogP contribution >= 0.6 is 0 Å². The van der Waals surface area contributed by atoms with Crippen LogP contribution in [0.3, 0.4) is 0 Å². The first-order chi connectivity index (χ1) is 10.5. The second-order valence-corrected chi connectivity index (χ2v) is 5.09. The van der Waals surface area contributed by atoms with Crippen LogP contribution in [-0.4, -0.2) is 22.2 Å². The van der Waals surface area contributed by atoms with Gasteiger partial charge in [-0.15, -0.1) is 0 Å². The highest BCUT2D eigenvalue weighted by molar-refractivity contribution is 5.94. The first-order valence-corrected chi connectivity index (χ1v) is 6.81. The summed E-state index contributed by atoms with van der Waals surface area (Å²) in [5, 5.41) is 30.3. The van der Waals surface area contributed by atoms with Crippen molar-refractivity contribution in [1.29, 1.82) is 5.26 Å². The molecule has 0 bridgehead atoms. The first kappa shape index (κ1) is 15.4. The number of carbonyl (C=O) groups is 1. The summed E-state index contributed by atoms with van der Waals surface area (Å²) in [5.41, 5.74) is 1.80. The third-order valence-electron chi connectivity index (χ3n) is 3.24. The molecule has 0 unspecified atom stereocenters. The molecule has 5 nitrogen and oxygen atoms in total. The van der Waals surface area contributed by atoms with E-state index in [-0.39, 0.29) is 23.4 Å². The number of amides is 1. The van der Waals surface area contributed by atoms with Gasteiger partial charge in [-0.25, -0.2) is 0 Å². The van der Waals surface area contributed by atoms with Crippen LogP contribution in [0.1, 0.15) is 28.4 Å². The molecule has 22 heavy (non-hydrogen) atoms. The van der Waals surface area contributed by atoms with E-state index in [9.17, 15) is 15.0 Å². The van der Waals surface area contributed by atoms with Crippen LogP contribution in [-0.2, 0) is 6.42 Å². The summed E-state index contributed by atoms with van der Waals surface area (Å²) in [5.74, 6) is -0.568. The number of phenols is 2. The predicted octanol–water partition coefficient (Wildman–Crippen LogP) is 2.33. The molecule has 2 aromatic carbocycles. The number of carbonyl (C=O) groups excluding carboxylic acids is 1. The van der Waals surface area contributed by atoms with Gasteiger partial charge in [0.25, 0.3) is 5.91 Å². The highest BCUT2D eigenvalue weighted by Crippen LogP contribution is 2.25. The molecule has 1 atom stereocenters. The van der Waals surface area contributed by atoms with E-state index in [1.54, 1.807) is 30.3 Å². The molecule has 0 aliphatic carbocycles. The lowest BCUT2D eigenvalue weighted by molar-refractivity contribution is 0.0940. The van der Waals surface area contributed by atoms with Crippen LogP contribution in [0.15, 0.2) is 42.5 Å². The maximum atomic E-state index is 12.1. The monoisotopic (exact) mass is 296 g/mol. The SMILES string of the molecule is C[C@@H](Cc1ccc(O)c(O)c1)NC(=O)c1ccc(C#N)cc1. The van der Waals surface area contributed by atoms with E-state index in [4.69, 9.17) is 5.26 Å². The van der Waals surface area contributed by atoms with Crippen molar-refractivity contribution < 1.29 is 15.0 Å². The van der Waals surface area contributed by atoms with Crippen LogP contribution in [0.4, 0.5) is 0 Å². The summed E-state index contributed by atoms with van der Waals surface area (Å²) in [4.78, 5) is 12.1. The lowest BCUT2D eigenvalue weighted by Gasteiger charge is -2.14. The molecule has 1 amide bonds. The molecule has 2 rings (SSSR count). The van der Waals surface area contributed by atoms with Gasteiger partial charge in [0.1, 0.15) is 0 Å². The predicted molar refractivity (Wildman–Crippen MR) is 81.6 cm³/mol. The quantitative estimate of drug-likeness (QED) is 0.755. The molecular weight excluding hydrogens is 280 g/mol. The lowest BCUT2D eigenvalue weighted by atomic mass is 10.1. The number of hydrogen-bond donors (Lipinski definition) is 3. The number of nitrogens with zero attached hydrogens (tertiary/aromatic N) is 1. The molecule has 112 valence electrons. The van der Waals surface area contributed by atoms with Crippen molar-refractivity contribution in [2.45, 2.75) is 19.4 Å². The van der Waals surface area contributed by atoms with Crippen molar-refractivity contribution >= 4 is 5.91 Å². The second-order valence-electron chi connectivity index (χ2n) is 5.09. The van der Waals surface area contributed by atoms with Gasteiger partial charge < -0.3 is 15.5 Å². The number of hydrogen-bond acceptors (Lipinski definition) is 4. The van der Waals surface area contributed by atoms with Crippen molar-refractivity contribution in [2.24, 2.45) is 0 Å². The molecule has 0 aliphatic heterocycles. The summed E-state index contributed by atoms with van der Waals surface area (Å²) in [6.07, 6.45) is 0.524. The molecule has 0 aliphatic rings. The summed E-state index contributed by atoms with van der Waals surface area (Å²) in [6, 6.07) is 12.8. The molecule has 0 spiro atoms. The van der Waals surface area contributed by atoms with E-state index in [0.717, 1.165) is 5.56 Å². The summed E-state index contributed by atoms with van der Waals surface area (Å²) in [7, 11) is 0. The molecule has 2 aromatic rings. The Bertz CT molecular complexity index is 718. The maximum Gasteiger partial charge on any atom is 0.251 e. The number of benzene rings is 2. The Morgan fingerprint density at radius 2 is 1.86 bits per heavy atom. The third-order valence-corrected chi connectivity index (χ3v) is 3.24. The van der Waals surface area contributed by atoms with Crippen molar-refractivity contribution in [1.82, 2.24) is 5.32 Å². The van der Waals surface area contributed by atoms with Gasteiger partial charge in [0, 0.05) is 11.6 Å². The van der Waals surface area contributed by atoms with Gasteiger partial charge in [-0.2, -0.15) is 5.26 Å². The van der Waals surface area contributed by atoms with E-state index in [0.29, 0.717) is 17.5 Å². The molecule has 0 heterocycles. The zero-order valence-electron chi connectivity index (χ0n) is 12.1. The van der Waals surface area contributed by atoms with Crippen LogP contribution in [0.5, 0.6) is 11.5 Å². The molecular formula is C17H16N2O3. The minimum Gasteiger partial charge on any atom is -0.504 e.